The van der Waals surface area contributed by atoms with Crippen molar-refractivity contribution >= 4 is 23.8 Å². The summed E-state index contributed by atoms with van der Waals surface area (Å²) in [7, 11) is 0. The summed E-state index contributed by atoms with van der Waals surface area (Å²) < 4.78 is 0. The third-order valence-electron chi connectivity index (χ3n) is 3.62. The van der Waals surface area contributed by atoms with E-state index in [9.17, 15) is 24.3 Å². The number of carboxylic acid groups (broad SMARTS) is 2. The molecule has 0 aromatic rings. The summed E-state index contributed by atoms with van der Waals surface area (Å²) in [6.07, 6.45) is -1.56. The van der Waals surface area contributed by atoms with Crippen LogP contribution in [0.1, 0.15) is 33.6 Å². The number of hydrogen-bond acceptors (Lipinski definition) is 6. The van der Waals surface area contributed by atoms with Gasteiger partial charge < -0.3 is 31.7 Å². The van der Waals surface area contributed by atoms with Crippen molar-refractivity contribution in [2.24, 2.45) is 11.7 Å². The minimum absolute atomic E-state index is 0.192. The zero-order chi connectivity index (χ0) is 19.0. The molecule has 0 aliphatic rings. The first-order valence-corrected chi connectivity index (χ1v) is 7.50. The number of carboxylic acids is 2. The summed E-state index contributed by atoms with van der Waals surface area (Å²) in [4.78, 5) is 46.0. The van der Waals surface area contributed by atoms with Crippen LogP contribution in [0.3, 0.4) is 0 Å². The Morgan fingerprint density at radius 2 is 1.58 bits per heavy atom. The van der Waals surface area contributed by atoms with Crippen molar-refractivity contribution in [1.29, 1.82) is 0 Å². The van der Waals surface area contributed by atoms with Crippen LogP contribution >= 0.6 is 0 Å². The molecule has 0 unspecified atom stereocenters. The molecule has 0 bridgehead atoms. The number of aliphatic carboxylic acids is 2. The number of aliphatic hydroxyl groups is 1. The number of rotatable bonds is 10. The Balaban J connectivity index is 5.12. The van der Waals surface area contributed by atoms with E-state index in [1.165, 1.54) is 0 Å². The third-order valence-corrected chi connectivity index (χ3v) is 3.62. The zero-order valence-corrected chi connectivity index (χ0v) is 13.9. The monoisotopic (exact) mass is 347 g/mol. The van der Waals surface area contributed by atoms with E-state index in [4.69, 9.17) is 15.9 Å². The normalized spacial score (nSPS) is 17.0. The molecule has 0 aliphatic carbocycles. The summed E-state index contributed by atoms with van der Waals surface area (Å²) >= 11 is 0. The average molecular weight is 347 g/mol. The fourth-order valence-electron chi connectivity index (χ4n) is 1.81. The lowest BCUT2D eigenvalue weighted by Gasteiger charge is -2.24. The molecule has 0 saturated carbocycles. The van der Waals surface area contributed by atoms with Gasteiger partial charge in [0, 0.05) is 0 Å². The van der Waals surface area contributed by atoms with Gasteiger partial charge in [0.1, 0.15) is 6.04 Å². The first kappa shape index (κ1) is 21.8. The largest absolute Gasteiger partial charge is 0.481 e. The lowest BCUT2D eigenvalue weighted by atomic mass is 9.99. The number of hydrogen-bond donors (Lipinski definition) is 6. The third kappa shape index (κ3) is 6.92. The molecule has 10 heteroatoms. The van der Waals surface area contributed by atoms with E-state index in [1.807, 2.05) is 12.2 Å². The SMILES string of the molecule is CC[C@H](C)[C@H](N)C(=O)N[C@@H](CC(=O)O)C(=O)N[C@H](C(=O)O)[C@@H](C)O. The van der Waals surface area contributed by atoms with E-state index >= 15 is 0 Å². The second-order valence-corrected chi connectivity index (χ2v) is 5.64. The molecule has 7 N–H and O–H groups in total. The molecule has 0 aromatic heterocycles. The summed E-state index contributed by atoms with van der Waals surface area (Å²) in [6, 6.07) is -4.08. The highest BCUT2D eigenvalue weighted by atomic mass is 16.4. The number of nitrogens with two attached hydrogens (primary N) is 1. The zero-order valence-electron chi connectivity index (χ0n) is 13.9. The van der Waals surface area contributed by atoms with Crippen LogP contribution in [0.5, 0.6) is 0 Å². The number of carbonyl (C=O) groups is 4. The van der Waals surface area contributed by atoms with E-state index in [1.54, 1.807) is 6.92 Å². The van der Waals surface area contributed by atoms with E-state index in [0.717, 1.165) is 6.92 Å². The molecule has 10 nitrogen and oxygen atoms in total. The molecular formula is C14H25N3O7. The standard InChI is InChI=1S/C14H25N3O7/c1-4-6(2)10(15)13(22)16-8(5-9(19)20)12(21)17-11(7(3)18)14(23)24/h6-8,10-11,18H,4-5,15H2,1-3H3,(H,16,22)(H,17,21)(H,19,20)(H,23,24)/t6-,7+,8-,10-,11-/m0/s1. The second kappa shape index (κ2) is 9.83. The van der Waals surface area contributed by atoms with E-state index in [0.29, 0.717) is 6.42 Å². The Bertz CT molecular complexity index is 481. The maximum atomic E-state index is 12.1. The van der Waals surface area contributed by atoms with Gasteiger partial charge in [0.2, 0.25) is 11.8 Å². The van der Waals surface area contributed by atoms with Crippen LogP contribution in [0.2, 0.25) is 0 Å². The van der Waals surface area contributed by atoms with E-state index in [2.05, 4.69) is 5.32 Å². The van der Waals surface area contributed by atoms with Crippen LogP contribution in [-0.4, -0.2) is 63.3 Å². The molecule has 0 rings (SSSR count). The highest BCUT2D eigenvalue weighted by molar-refractivity contribution is 5.94. The minimum Gasteiger partial charge on any atom is -0.481 e. The predicted octanol–water partition coefficient (Wildman–Crippen LogP) is -1.73. The Labute approximate surface area is 139 Å². The molecule has 5 atom stereocenters. The van der Waals surface area contributed by atoms with Gasteiger partial charge in [-0.15, -0.1) is 0 Å². The molecule has 0 spiro atoms. The Morgan fingerprint density at radius 1 is 1.04 bits per heavy atom. The van der Waals surface area contributed by atoms with Crippen LogP contribution in [0, 0.1) is 5.92 Å². The number of nitrogens with one attached hydrogen (secondary N) is 2. The topological polar surface area (TPSA) is 179 Å². The van der Waals surface area contributed by atoms with Gasteiger partial charge in [0.15, 0.2) is 6.04 Å². The molecule has 0 fully saturated rings. The smallest absolute Gasteiger partial charge is 0.328 e. The molecule has 0 saturated heterocycles. The molecule has 0 aromatic carbocycles. The molecular weight excluding hydrogens is 322 g/mol. The van der Waals surface area contributed by atoms with Crippen molar-refractivity contribution in [1.82, 2.24) is 10.6 Å². The maximum Gasteiger partial charge on any atom is 0.328 e. The van der Waals surface area contributed by atoms with Gasteiger partial charge in [-0.05, 0) is 12.8 Å². The van der Waals surface area contributed by atoms with Gasteiger partial charge in [0.25, 0.3) is 0 Å². The van der Waals surface area contributed by atoms with Crippen molar-refractivity contribution in [3.8, 4) is 0 Å². The van der Waals surface area contributed by atoms with Crippen LogP contribution in [0.4, 0.5) is 0 Å². The first-order chi connectivity index (χ1) is 11.0. The van der Waals surface area contributed by atoms with Gasteiger partial charge in [-0.1, -0.05) is 20.3 Å². The molecule has 2 amide bonds. The molecule has 0 aliphatic heterocycles. The fourth-order valence-corrected chi connectivity index (χ4v) is 1.81. The van der Waals surface area contributed by atoms with Crippen molar-refractivity contribution in [2.75, 3.05) is 0 Å². The minimum atomic E-state index is -1.63. The molecule has 0 radical (unpaired) electrons. The summed E-state index contributed by atoms with van der Waals surface area (Å²) in [5.41, 5.74) is 5.72. The average Bonchev–Trinajstić information content (AvgIpc) is 2.48. The van der Waals surface area contributed by atoms with Crippen LogP contribution in [0.25, 0.3) is 0 Å². The van der Waals surface area contributed by atoms with Crippen LogP contribution in [0.15, 0.2) is 0 Å². The first-order valence-electron chi connectivity index (χ1n) is 7.50. The molecule has 138 valence electrons. The Hall–Kier alpha value is -2.20. The Kier molecular flexibility index (Phi) is 8.93. The van der Waals surface area contributed by atoms with Crippen molar-refractivity contribution in [3.05, 3.63) is 0 Å². The summed E-state index contributed by atoms with van der Waals surface area (Å²) in [5, 5.41) is 31.4. The van der Waals surface area contributed by atoms with Gasteiger partial charge >= 0.3 is 11.9 Å². The van der Waals surface area contributed by atoms with Crippen molar-refractivity contribution < 1.29 is 34.5 Å². The molecule has 0 heterocycles. The van der Waals surface area contributed by atoms with Gasteiger partial charge in [-0.3, -0.25) is 14.4 Å². The quantitative estimate of drug-likeness (QED) is 0.270. The summed E-state index contributed by atoms with van der Waals surface area (Å²) in [6.45, 7) is 4.70. The van der Waals surface area contributed by atoms with Gasteiger partial charge in [-0.25, -0.2) is 4.79 Å². The van der Waals surface area contributed by atoms with Crippen molar-refractivity contribution in [2.45, 2.75) is 57.8 Å². The van der Waals surface area contributed by atoms with Crippen molar-refractivity contribution in [3.63, 3.8) is 0 Å². The lowest BCUT2D eigenvalue weighted by Crippen LogP contribution is -2.57. The number of carbonyl (C=O) groups excluding carboxylic acids is 2. The lowest BCUT2D eigenvalue weighted by molar-refractivity contribution is -0.145. The van der Waals surface area contributed by atoms with E-state index in [-0.39, 0.29) is 5.92 Å². The predicted molar refractivity (Wildman–Crippen MR) is 82.9 cm³/mol. The fraction of sp³-hybridized carbons (Fsp3) is 0.714. The number of amides is 2. The molecule has 24 heavy (non-hydrogen) atoms. The maximum absolute atomic E-state index is 12.1. The van der Waals surface area contributed by atoms with E-state index < -0.39 is 54.4 Å². The van der Waals surface area contributed by atoms with Crippen LogP contribution < -0.4 is 16.4 Å². The van der Waals surface area contributed by atoms with Gasteiger partial charge in [0.05, 0.1) is 18.6 Å². The van der Waals surface area contributed by atoms with Crippen LogP contribution in [-0.2, 0) is 19.2 Å². The highest BCUT2D eigenvalue weighted by Gasteiger charge is 2.32. The number of aliphatic hydroxyl groups excluding tert-OH is 1. The van der Waals surface area contributed by atoms with Gasteiger partial charge in [-0.2, -0.15) is 0 Å². The second-order valence-electron chi connectivity index (χ2n) is 5.64. The summed E-state index contributed by atoms with van der Waals surface area (Å²) in [5.74, 6) is -4.79. The Morgan fingerprint density at radius 3 is 1.96 bits per heavy atom. The highest BCUT2D eigenvalue weighted by Crippen LogP contribution is 2.06.